The highest BCUT2D eigenvalue weighted by Gasteiger charge is 2.57. The SMILES string of the molecule is COc1cc2ncnc(-c3cn(C)nc3-c3ccccc3)c2nc1NC(=O)C1CC2CC2N1C(=O)OC(C)(C)C. The molecule has 1 saturated heterocycles. The number of fused-ring (bicyclic) bond motifs is 2. The second-order valence-corrected chi connectivity index (χ2v) is 11.3. The summed E-state index contributed by atoms with van der Waals surface area (Å²) in [4.78, 5) is 41.9. The fourth-order valence-corrected chi connectivity index (χ4v) is 5.35. The van der Waals surface area contributed by atoms with Crippen LogP contribution in [0.3, 0.4) is 0 Å². The summed E-state index contributed by atoms with van der Waals surface area (Å²) in [6.07, 6.45) is 4.35. The Kier molecular flexibility index (Phi) is 6.16. The molecule has 3 atom stereocenters. The minimum Gasteiger partial charge on any atom is -0.493 e. The number of benzene rings is 1. The number of carbonyl (C=O) groups is 2. The third-order valence-corrected chi connectivity index (χ3v) is 7.18. The molecule has 4 aromatic rings. The highest BCUT2D eigenvalue weighted by molar-refractivity contribution is 6.00. The van der Waals surface area contributed by atoms with Gasteiger partial charge in [0.2, 0.25) is 5.91 Å². The number of anilines is 1. The zero-order valence-corrected chi connectivity index (χ0v) is 23.1. The third-order valence-electron chi connectivity index (χ3n) is 7.18. The summed E-state index contributed by atoms with van der Waals surface area (Å²) >= 11 is 0. The van der Waals surface area contributed by atoms with Gasteiger partial charge in [0.25, 0.3) is 0 Å². The lowest BCUT2D eigenvalue weighted by molar-refractivity contribution is -0.121. The minimum absolute atomic E-state index is 0.0269. The van der Waals surface area contributed by atoms with Crippen LogP contribution in [0.1, 0.15) is 33.6 Å². The number of aromatic nitrogens is 5. The summed E-state index contributed by atoms with van der Waals surface area (Å²) in [5, 5.41) is 7.58. The van der Waals surface area contributed by atoms with Crippen LogP contribution in [0.15, 0.2) is 48.9 Å². The van der Waals surface area contributed by atoms with E-state index in [2.05, 4.69) is 20.4 Å². The molecule has 1 aliphatic heterocycles. The maximum absolute atomic E-state index is 13.6. The minimum atomic E-state index is -0.657. The van der Waals surface area contributed by atoms with Crippen LogP contribution in [0.4, 0.5) is 10.6 Å². The van der Waals surface area contributed by atoms with Gasteiger partial charge in [-0.3, -0.25) is 14.4 Å². The maximum atomic E-state index is 13.6. The van der Waals surface area contributed by atoms with Crippen molar-refractivity contribution in [2.24, 2.45) is 13.0 Å². The van der Waals surface area contributed by atoms with Crippen molar-refractivity contribution in [3.05, 3.63) is 48.9 Å². The number of methoxy groups -OCH3 is 1. The van der Waals surface area contributed by atoms with Crippen molar-refractivity contribution in [1.82, 2.24) is 29.6 Å². The summed E-state index contributed by atoms with van der Waals surface area (Å²) in [5.74, 6) is 0.544. The van der Waals surface area contributed by atoms with Crippen LogP contribution >= 0.6 is 0 Å². The Labute approximate surface area is 231 Å². The molecule has 1 aromatic carbocycles. The molecule has 0 radical (unpaired) electrons. The van der Waals surface area contributed by atoms with Crippen LogP contribution in [0, 0.1) is 5.92 Å². The normalized spacial score (nSPS) is 19.8. The lowest BCUT2D eigenvalue weighted by atomic mass is 10.0. The lowest BCUT2D eigenvalue weighted by Crippen LogP contribution is -2.47. The van der Waals surface area contributed by atoms with Crippen LogP contribution < -0.4 is 10.1 Å². The van der Waals surface area contributed by atoms with Gasteiger partial charge in [0.05, 0.1) is 12.6 Å². The summed E-state index contributed by atoms with van der Waals surface area (Å²) in [7, 11) is 3.36. The Morgan fingerprint density at radius 1 is 1.07 bits per heavy atom. The lowest BCUT2D eigenvalue weighted by Gasteiger charge is -2.29. The van der Waals surface area contributed by atoms with E-state index in [1.807, 2.05) is 64.3 Å². The van der Waals surface area contributed by atoms with Crippen molar-refractivity contribution >= 4 is 28.9 Å². The first-order valence-electron chi connectivity index (χ1n) is 13.2. The summed E-state index contributed by atoms with van der Waals surface area (Å²) in [5.41, 5.74) is 3.44. The van der Waals surface area contributed by atoms with E-state index < -0.39 is 17.7 Å². The molecule has 2 fully saturated rings. The van der Waals surface area contributed by atoms with Crippen molar-refractivity contribution in [3.8, 4) is 28.3 Å². The topological polar surface area (TPSA) is 124 Å². The Balaban J connectivity index is 1.36. The first-order valence-corrected chi connectivity index (χ1v) is 13.2. The molecule has 1 saturated carbocycles. The molecule has 206 valence electrons. The number of pyridine rings is 1. The maximum Gasteiger partial charge on any atom is 0.411 e. The first-order chi connectivity index (χ1) is 19.1. The van der Waals surface area contributed by atoms with E-state index in [1.54, 1.807) is 15.6 Å². The monoisotopic (exact) mass is 541 g/mol. The molecule has 11 nitrogen and oxygen atoms in total. The molecular weight excluding hydrogens is 510 g/mol. The second-order valence-electron chi connectivity index (χ2n) is 11.3. The zero-order chi connectivity index (χ0) is 28.2. The number of nitrogens with one attached hydrogen (secondary N) is 1. The quantitative estimate of drug-likeness (QED) is 0.393. The average Bonchev–Trinajstić information content (AvgIpc) is 3.39. The van der Waals surface area contributed by atoms with E-state index in [4.69, 9.17) is 14.5 Å². The average molecular weight is 542 g/mol. The molecule has 1 N–H and O–H groups in total. The molecule has 3 aromatic heterocycles. The van der Waals surface area contributed by atoms with Crippen LogP contribution in [0.25, 0.3) is 33.5 Å². The zero-order valence-electron chi connectivity index (χ0n) is 23.1. The molecule has 0 spiro atoms. The van der Waals surface area contributed by atoms with Crippen LogP contribution in [-0.4, -0.2) is 66.4 Å². The van der Waals surface area contributed by atoms with Gasteiger partial charge in [0, 0.05) is 36.5 Å². The van der Waals surface area contributed by atoms with Crippen molar-refractivity contribution in [1.29, 1.82) is 0 Å². The van der Waals surface area contributed by atoms with Gasteiger partial charge in [-0.1, -0.05) is 30.3 Å². The van der Waals surface area contributed by atoms with Gasteiger partial charge in [-0.2, -0.15) is 5.10 Å². The molecule has 0 bridgehead atoms. The van der Waals surface area contributed by atoms with Gasteiger partial charge < -0.3 is 14.8 Å². The van der Waals surface area contributed by atoms with Gasteiger partial charge in [0.1, 0.15) is 34.9 Å². The van der Waals surface area contributed by atoms with E-state index in [0.29, 0.717) is 34.8 Å². The molecule has 40 heavy (non-hydrogen) atoms. The summed E-state index contributed by atoms with van der Waals surface area (Å²) < 4.78 is 12.9. The van der Waals surface area contributed by atoms with E-state index in [1.165, 1.54) is 13.4 Å². The van der Waals surface area contributed by atoms with Gasteiger partial charge >= 0.3 is 6.09 Å². The molecule has 3 unspecified atom stereocenters. The van der Waals surface area contributed by atoms with Crippen LogP contribution in [0.2, 0.25) is 0 Å². The number of amides is 2. The molecule has 6 rings (SSSR count). The molecule has 2 amide bonds. The largest absolute Gasteiger partial charge is 0.493 e. The number of nitrogens with zero attached hydrogens (tertiary/aromatic N) is 6. The molecule has 4 heterocycles. The number of carbonyl (C=O) groups excluding carboxylic acids is 2. The van der Waals surface area contributed by atoms with Crippen molar-refractivity contribution < 1.29 is 19.1 Å². The van der Waals surface area contributed by atoms with Crippen LogP contribution in [0.5, 0.6) is 5.75 Å². The van der Waals surface area contributed by atoms with E-state index in [0.717, 1.165) is 23.2 Å². The Bertz CT molecular complexity index is 1610. The van der Waals surface area contributed by atoms with Crippen molar-refractivity contribution in [2.45, 2.75) is 51.3 Å². The number of rotatable bonds is 5. The number of hydrogen-bond donors (Lipinski definition) is 1. The van der Waals surface area contributed by atoms with Gasteiger partial charge in [0.15, 0.2) is 11.6 Å². The summed E-state index contributed by atoms with van der Waals surface area (Å²) in [6.45, 7) is 5.44. The molecule has 11 heteroatoms. The van der Waals surface area contributed by atoms with Gasteiger partial charge in [-0.15, -0.1) is 0 Å². The second kappa shape index (κ2) is 9.58. The molecule has 1 aliphatic carbocycles. The number of aryl methyl sites for hydroxylation is 1. The Hall–Kier alpha value is -4.54. The highest BCUT2D eigenvalue weighted by Crippen LogP contribution is 2.48. The number of hydrogen-bond acceptors (Lipinski definition) is 8. The highest BCUT2D eigenvalue weighted by atomic mass is 16.6. The fourth-order valence-electron chi connectivity index (χ4n) is 5.35. The van der Waals surface area contributed by atoms with Gasteiger partial charge in [-0.05, 0) is 39.5 Å². The Morgan fingerprint density at radius 3 is 2.58 bits per heavy atom. The summed E-state index contributed by atoms with van der Waals surface area (Å²) in [6, 6.07) is 10.9. The van der Waals surface area contributed by atoms with Crippen molar-refractivity contribution in [3.63, 3.8) is 0 Å². The standard InChI is InChI=1S/C29H31N7O4/c1-29(2,3)40-28(38)36-20-11-17(20)12-21(36)27(37)33-26-22(39-5)13-19-25(32-26)24(31-15-30-19)18-14-35(4)34-23(18)16-9-7-6-8-10-16/h6-10,13-15,17,20-21H,11-12H2,1-5H3,(H,32,33,37). The third kappa shape index (κ3) is 4.72. The van der Waals surface area contributed by atoms with E-state index >= 15 is 0 Å². The predicted octanol–water partition coefficient (Wildman–Crippen LogP) is 4.44. The molecule has 2 aliphatic rings. The van der Waals surface area contributed by atoms with Gasteiger partial charge in [-0.25, -0.2) is 19.7 Å². The van der Waals surface area contributed by atoms with Crippen LogP contribution in [-0.2, 0) is 16.6 Å². The number of piperidine rings is 1. The van der Waals surface area contributed by atoms with E-state index in [-0.39, 0.29) is 17.8 Å². The predicted molar refractivity (Wildman–Crippen MR) is 149 cm³/mol. The Morgan fingerprint density at radius 2 is 1.85 bits per heavy atom. The number of likely N-dealkylation sites (tertiary alicyclic amines) is 1. The van der Waals surface area contributed by atoms with E-state index in [9.17, 15) is 9.59 Å². The smallest absolute Gasteiger partial charge is 0.411 e. The first kappa shape index (κ1) is 25.7. The van der Waals surface area contributed by atoms with Crippen molar-refractivity contribution in [2.75, 3.05) is 12.4 Å². The molecular formula is C29H31N7O4. The number of ether oxygens (including phenoxy) is 2. The fraction of sp³-hybridized carbons (Fsp3) is 0.379.